The van der Waals surface area contributed by atoms with Gasteiger partial charge in [-0.2, -0.15) is 0 Å². The molecule has 1 amide bonds. The van der Waals surface area contributed by atoms with Crippen LogP contribution in [0.3, 0.4) is 0 Å². The Morgan fingerprint density at radius 2 is 1.77 bits per heavy atom. The summed E-state index contributed by atoms with van der Waals surface area (Å²) in [4.78, 5) is 12.2. The van der Waals surface area contributed by atoms with E-state index in [1.54, 1.807) is 18.2 Å². The van der Waals surface area contributed by atoms with E-state index in [0.29, 0.717) is 11.6 Å². The second kappa shape index (κ2) is 8.96. The third-order valence-electron chi connectivity index (χ3n) is 4.41. The molecule has 0 spiro atoms. The van der Waals surface area contributed by atoms with Gasteiger partial charge in [0, 0.05) is 5.69 Å². The van der Waals surface area contributed by atoms with Crippen molar-refractivity contribution < 1.29 is 13.2 Å². The molecule has 0 bridgehead atoms. The van der Waals surface area contributed by atoms with E-state index in [9.17, 15) is 13.2 Å². The molecule has 0 aromatic heterocycles. The predicted molar refractivity (Wildman–Crippen MR) is 105 cm³/mol. The molecular formula is C20H26N2O3S. The van der Waals surface area contributed by atoms with Gasteiger partial charge in [0.2, 0.25) is 15.9 Å². The largest absolute Gasteiger partial charge is 0.325 e. The summed E-state index contributed by atoms with van der Waals surface area (Å²) in [6, 6.07) is 14.3. The van der Waals surface area contributed by atoms with Gasteiger partial charge in [0.15, 0.2) is 0 Å². The summed E-state index contributed by atoms with van der Waals surface area (Å²) in [6.07, 6.45) is 1.85. The highest BCUT2D eigenvalue weighted by atomic mass is 32.2. The van der Waals surface area contributed by atoms with E-state index in [2.05, 4.69) is 23.9 Å². The van der Waals surface area contributed by atoms with Crippen LogP contribution in [0.5, 0.6) is 0 Å². The van der Waals surface area contributed by atoms with Gasteiger partial charge in [-0.05, 0) is 54.2 Å². The zero-order valence-corrected chi connectivity index (χ0v) is 16.3. The fourth-order valence-corrected chi connectivity index (χ4v) is 3.51. The average Bonchev–Trinajstić information content (AvgIpc) is 2.66. The van der Waals surface area contributed by atoms with Gasteiger partial charge in [-0.15, -0.1) is 0 Å². The Labute approximate surface area is 155 Å². The molecule has 0 aliphatic carbocycles. The minimum Gasteiger partial charge on any atom is -0.325 e. The lowest BCUT2D eigenvalue weighted by molar-refractivity contribution is -0.115. The van der Waals surface area contributed by atoms with Crippen LogP contribution < -0.4 is 10.0 Å². The number of anilines is 1. The topological polar surface area (TPSA) is 75.3 Å². The van der Waals surface area contributed by atoms with Crippen molar-refractivity contribution in [3.05, 3.63) is 59.7 Å². The Morgan fingerprint density at radius 1 is 1.08 bits per heavy atom. The number of hydrogen-bond donors (Lipinski definition) is 2. The van der Waals surface area contributed by atoms with E-state index < -0.39 is 15.9 Å². The molecule has 1 atom stereocenters. The molecule has 2 aromatic rings. The van der Waals surface area contributed by atoms with E-state index in [1.807, 2.05) is 37.3 Å². The van der Waals surface area contributed by atoms with Crippen LogP contribution in [0.25, 0.3) is 0 Å². The first-order chi connectivity index (χ1) is 12.4. The Hall–Kier alpha value is -2.18. The smallest absolute Gasteiger partial charge is 0.241 e. The first-order valence-electron chi connectivity index (χ1n) is 8.84. The number of sulfonamides is 1. The van der Waals surface area contributed by atoms with Gasteiger partial charge in [-0.25, -0.2) is 13.1 Å². The summed E-state index contributed by atoms with van der Waals surface area (Å²) in [5, 5.41) is 2.71. The zero-order chi connectivity index (χ0) is 19.2. The Bertz CT molecular complexity index is 846. The molecule has 0 saturated carbocycles. The van der Waals surface area contributed by atoms with Gasteiger partial charge in [0.25, 0.3) is 0 Å². The Morgan fingerprint density at radius 3 is 2.38 bits per heavy atom. The molecule has 0 fully saturated rings. The number of carbonyl (C=O) groups excluding carboxylic acids is 1. The molecule has 6 heteroatoms. The molecule has 140 valence electrons. The third-order valence-corrected chi connectivity index (χ3v) is 5.83. The SMILES string of the molecule is CCc1cccc(NC(=O)CNS(=O)(=O)c2ccc(C(C)CC)cc2)c1. The third kappa shape index (κ3) is 5.41. The maximum Gasteiger partial charge on any atom is 0.241 e. The van der Waals surface area contributed by atoms with Gasteiger partial charge in [0.1, 0.15) is 0 Å². The van der Waals surface area contributed by atoms with Crippen molar-refractivity contribution in [1.82, 2.24) is 4.72 Å². The van der Waals surface area contributed by atoms with Gasteiger partial charge in [-0.1, -0.05) is 45.0 Å². The summed E-state index contributed by atoms with van der Waals surface area (Å²) < 4.78 is 27.0. The maximum absolute atomic E-state index is 12.3. The van der Waals surface area contributed by atoms with Crippen molar-refractivity contribution in [3.8, 4) is 0 Å². The van der Waals surface area contributed by atoms with Gasteiger partial charge in [-0.3, -0.25) is 4.79 Å². The first-order valence-corrected chi connectivity index (χ1v) is 10.3. The zero-order valence-electron chi connectivity index (χ0n) is 15.5. The Kier molecular flexibility index (Phi) is 6.94. The summed E-state index contributed by atoms with van der Waals surface area (Å²) in [5.41, 5.74) is 2.86. The van der Waals surface area contributed by atoms with Crippen molar-refractivity contribution in [3.63, 3.8) is 0 Å². The predicted octanol–water partition coefficient (Wildman–Crippen LogP) is 3.68. The first kappa shape index (κ1) is 20.1. The second-order valence-corrected chi connectivity index (χ2v) is 8.07. The van der Waals surface area contributed by atoms with E-state index in [1.165, 1.54) is 0 Å². The lowest BCUT2D eigenvalue weighted by Crippen LogP contribution is -2.32. The fourth-order valence-electron chi connectivity index (χ4n) is 2.53. The van der Waals surface area contributed by atoms with Crippen LogP contribution in [0.1, 0.15) is 44.2 Å². The monoisotopic (exact) mass is 374 g/mol. The van der Waals surface area contributed by atoms with Crippen LogP contribution in [0.2, 0.25) is 0 Å². The summed E-state index contributed by atoms with van der Waals surface area (Å²) in [7, 11) is -3.72. The average molecular weight is 375 g/mol. The van der Waals surface area contributed by atoms with Crippen LogP contribution in [0.4, 0.5) is 5.69 Å². The molecule has 26 heavy (non-hydrogen) atoms. The van der Waals surface area contributed by atoms with Gasteiger partial charge < -0.3 is 5.32 Å². The molecule has 2 N–H and O–H groups in total. The molecule has 0 radical (unpaired) electrons. The van der Waals surface area contributed by atoms with Gasteiger partial charge in [0.05, 0.1) is 11.4 Å². The highest BCUT2D eigenvalue weighted by Gasteiger charge is 2.16. The van der Waals surface area contributed by atoms with E-state index in [4.69, 9.17) is 0 Å². The molecule has 2 rings (SSSR count). The number of hydrogen-bond acceptors (Lipinski definition) is 3. The molecular weight excluding hydrogens is 348 g/mol. The molecule has 1 unspecified atom stereocenters. The number of nitrogens with one attached hydrogen (secondary N) is 2. The summed E-state index contributed by atoms with van der Waals surface area (Å²) in [5.74, 6) is -0.0255. The maximum atomic E-state index is 12.3. The standard InChI is InChI=1S/C20H26N2O3S/c1-4-15(3)17-9-11-19(12-10-17)26(24,25)21-14-20(23)22-18-8-6-7-16(5-2)13-18/h6-13,15,21H,4-5,14H2,1-3H3,(H,22,23). The normalized spacial score (nSPS) is 12.6. The number of amides is 1. The van der Waals surface area contributed by atoms with Gasteiger partial charge >= 0.3 is 0 Å². The van der Waals surface area contributed by atoms with Crippen LogP contribution >= 0.6 is 0 Å². The summed E-state index contributed by atoms with van der Waals surface area (Å²) >= 11 is 0. The molecule has 2 aromatic carbocycles. The number of benzene rings is 2. The van der Waals surface area contributed by atoms with Crippen molar-refractivity contribution >= 4 is 21.6 Å². The van der Waals surface area contributed by atoms with Crippen molar-refractivity contribution in [2.24, 2.45) is 0 Å². The van der Waals surface area contributed by atoms with Crippen LogP contribution in [-0.2, 0) is 21.2 Å². The quantitative estimate of drug-likeness (QED) is 0.740. The van der Waals surface area contributed by atoms with Crippen LogP contribution in [0, 0.1) is 0 Å². The second-order valence-electron chi connectivity index (χ2n) is 6.30. The molecule has 0 aliphatic heterocycles. The highest BCUT2D eigenvalue weighted by Crippen LogP contribution is 2.20. The lowest BCUT2D eigenvalue weighted by atomic mass is 9.99. The number of carbonyl (C=O) groups is 1. The minimum atomic E-state index is -3.72. The van der Waals surface area contributed by atoms with E-state index >= 15 is 0 Å². The molecule has 5 nitrogen and oxygen atoms in total. The highest BCUT2D eigenvalue weighted by molar-refractivity contribution is 7.89. The molecule has 0 aliphatic rings. The van der Waals surface area contributed by atoms with Crippen molar-refractivity contribution in [2.75, 3.05) is 11.9 Å². The van der Waals surface area contributed by atoms with Crippen molar-refractivity contribution in [2.45, 2.75) is 44.4 Å². The number of rotatable bonds is 8. The van der Waals surface area contributed by atoms with E-state index in [-0.39, 0.29) is 11.4 Å². The Balaban J connectivity index is 1.97. The summed E-state index contributed by atoms with van der Waals surface area (Å²) in [6.45, 7) is 5.90. The molecule has 0 saturated heterocycles. The molecule has 0 heterocycles. The van der Waals surface area contributed by atoms with E-state index in [0.717, 1.165) is 24.0 Å². The fraction of sp³-hybridized carbons (Fsp3) is 0.350. The lowest BCUT2D eigenvalue weighted by Gasteiger charge is -2.11. The minimum absolute atomic E-state index is 0.158. The van der Waals surface area contributed by atoms with Crippen LogP contribution in [-0.4, -0.2) is 20.9 Å². The van der Waals surface area contributed by atoms with Crippen LogP contribution in [0.15, 0.2) is 53.4 Å². The number of aryl methyl sites for hydroxylation is 1. The van der Waals surface area contributed by atoms with Crippen molar-refractivity contribution in [1.29, 1.82) is 0 Å².